The third-order valence-electron chi connectivity index (χ3n) is 19.4. The monoisotopic (exact) mass is 864 g/mol. The predicted molar refractivity (Wildman–Crippen MR) is 242 cm³/mol. The molecule has 1 spiro atoms. The fourth-order valence-electron chi connectivity index (χ4n) is 16.0. The highest BCUT2D eigenvalue weighted by molar-refractivity contribution is 5.84. The summed E-state index contributed by atoms with van der Waals surface area (Å²) in [6.45, 7) is 1.08. The van der Waals surface area contributed by atoms with E-state index in [9.17, 15) is 24.9 Å². The van der Waals surface area contributed by atoms with Crippen LogP contribution < -0.4 is 16.4 Å². The van der Waals surface area contributed by atoms with Crippen LogP contribution in [-0.2, 0) is 14.3 Å². The van der Waals surface area contributed by atoms with Gasteiger partial charge in [-0.1, -0.05) is 56.8 Å². The number of ketones is 2. The average Bonchev–Trinajstić information content (AvgIpc) is 3.33. The van der Waals surface area contributed by atoms with E-state index in [1.165, 1.54) is 89.9 Å². The van der Waals surface area contributed by atoms with E-state index >= 15 is 0 Å². The lowest BCUT2D eigenvalue weighted by Crippen LogP contribution is -3.05. The lowest BCUT2D eigenvalue weighted by Gasteiger charge is -2.51. The van der Waals surface area contributed by atoms with Crippen molar-refractivity contribution >= 4 is 11.6 Å². The molecule has 2 saturated heterocycles. The van der Waals surface area contributed by atoms with Crippen LogP contribution in [0.1, 0.15) is 186 Å². The van der Waals surface area contributed by atoms with Gasteiger partial charge >= 0.3 is 0 Å². The van der Waals surface area contributed by atoms with Gasteiger partial charge in [0, 0.05) is 57.0 Å². The Kier molecular flexibility index (Phi) is 16.7. The number of fused-ring (bicyclic) bond motifs is 3. The summed E-state index contributed by atoms with van der Waals surface area (Å²) in [5, 5.41) is 40.0. The molecular weight excluding hydrogens is 775 g/mol. The number of ether oxygens (including phenoxy) is 1. The van der Waals surface area contributed by atoms with Gasteiger partial charge < -0.3 is 30.7 Å². The van der Waals surface area contributed by atoms with E-state index in [1.54, 1.807) is 7.11 Å². The van der Waals surface area contributed by atoms with E-state index in [0.29, 0.717) is 73.5 Å². The maximum atomic E-state index is 14.0. The topological polar surface area (TPSA) is 163 Å². The summed E-state index contributed by atoms with van der Waals surface area (Å²) < 4.78 is 5.76. The molecule has 9 unspecified atom stereocenters. The minimum atomic E-state index is -0.784. The molecule has 9 nitrogen and oxygen atoms in total. The van der Waals surface area contributed by atoms with Crippen LogP contribution in [0.3, 0.4) is 0 Å². The summed E-state index contributed by atoms with van der Waals surface area (Å²) in [5.41, 5.74) is 6.84. The largest absolute Gasteiger partial charge is 0.393 e. The smallest absolute Gasteiger partial charge is 0.150 e. The molecule has 2 aliphatic heterocycles. The summed E-state index contributed by atoms with van der Waals surface area (Å²) in [5.74, 6) is 12.0. The van der Waals surface area contributed by atoms with Crippen molar-refractivity contribution in [3.63, 3.8) is 0 Å². The van der Waals surface area contributed by atoms with Crippen molar-refractivity contribution in [2.75, 3.05) is 13.7 Å². The van der Waals surface area contributed by atoms with Gasteiger partial charge in [0.1, 0.15) is 23.7 Å². The third-order valence-corrected chi connectivity index (χ3v) is 19.4. The van der Waals surface area contributed by atoms with E-state index in [-0.39, 0.29) is 41.3 Å². The Balaban J connectivity index is 0.916. The number of rotatable bonds is 14. The SMILES string of the molecule is COC1CC2CCC(=O)[C@@H]([C@H](O)CCCC[C@H]3C[C@H]4CCC(=O)C[C@H]4[NH2+]C34CCCCC4)C#C[C@@H](CC[C@H](O)C[C@H](C3CC[NH2+]C(N)C3)C3CCC4CCCCC4C3)C2CC1O. The number of unbranched alkanes of at least 4 members (excludes halogenated alkanes) is 1. The van der Waals surface area contributed by atoms with Gasteiger partial charge in [0.25, 0.3) is 0 Å². The van der Waals surface area contributed by atoms with E-state index in [2.05, 4.69) is 22.5 Å². The molecule has 0 bridgehead atoms. The normalized spacial score (nSPS) is 41.5. The summed E-state index contributed by atoms with van der Waals surface area (Å²) in [6.07, 6.45) is 28.6. The molecular formula is C53H89N3O6+2. The van der Waals surface area contributed by atoms with Crippen molar-refractivity contribution in [2.24, 2.45) is 70.8 Å². The Morgan fingerprint density at radius 3 is 2.39 bits per heavy atom. The zero-order valence-electron chi connectivity index (χ0n) is 38.8. The van der Waals surface area contributed by atoms with Crippen LogP contribution in [0, 0.1) is 76.9 Å². The summed E-state index contributed by atoms with van der Waals surface area (Å²) in [6, 6.07) is 0.475. The number of aliphatic hydroxyl groups excluding tert-OH is 3. The standard InChI is InChI=1S/C53H87N3O6/c1-62-51-29-38-18-22-49(60)44(48(59)12-6-5-11-41-28-40-16-20-43(58)32-47(40)56-53(41)24-7-2-8-25-53)21-17-35(46(38)33-50(51)61)15-19-42(57)31-45(39-23-26-55-52(54)30-39)37-14-13-34-9-3-4-10-36(34)27-37/h34-42,44-48,50-52,55-57,59,61H,2-16,18-20,22-33,54H2,1H3/p+2/t34?,35-,36?,37?,38?,39?,40-,41+,42+,44-,45+,46?,47-,48-,50?,51?,52?/m1/s1. The molecule has 0 aromatic carbocycles. The molecule has 9 N–H and O–H groups in total. The summed E-state index contributed by atoms with van der Waals surface area (Å²) in [7, 11) is 1.68. The van der Waals surface area contributed by atoms with Crippen molar-refractivity contribution in [2.45, 2.75) is 228 Å². The first-order valence-electron chi connectivity index (χ1n) is 26.7. The van der Waals surface area contributed by atoms with Gasteiger partial charge in [-0.3, -0.25) is 15.3 Å². The zero-order chi connectivity index (χ0) is 43.2. The Morgan fingerprint density at radius 1 is 0.790 bits per heavy atom. The second-order valence-electron chi connectivity index (χ2n) is 23.0. The van der Waals surface area contributed by atoms with E-state index < -0.39 is 24.2 Å². The van der Waals surface area contributed by atoms with Crippen LogP contribution in [0.4, 0.5) is 0 Å². The fraction of sp³-hybridized carbons (Fsp3) is 0.925. The Morgan fingerprint density at radius 2 is 1.58 bits per heavy atom. The van der Waals surface area contributed by atoms with Crippen LogP contribution in [-0.4, -0.2) is 82.7 Å². The van der Waals surface area contributed by atoms with Gasteiger partial charge in [0.2, 0.25) is 0 Å². The van der Waals surface area contributed by atoms with Crippen molar-refractivity contribution in [1.29, 1.82) is 0 Å². The first-order valence-corrected chi connectivity index (χ1v) is 26.7. The Labute approximate surface area is 375 Å². The van der Waals surface area contributed by atoms with E-state index in [4.69, 9.17) is 10.5 Å². The number of carbonyl (C=O) groups is 2. The number of piperidine rings is 2. The number of hydrogen-bond acceptors (Lipinski definition) is 7. The van der Waals surface area contributed by atoms with Gasteiger partial charge in [-0.25, -0.2) is 0 Å². The molecule has 62 heavy (non-hydrogen) atoms. The molecule has 350 valence electrons. The van der Waals surface area contributed by atoms with Gasteiger partial charge in [0.15, 0.2) is 0 Å². The van der Waals surface area contributed by atoms with Crippen LogP contribution in [0.25, 0.3) is 0 Å². The molecule has 0 aromatic heterocycles. The molecule has 0 amide bonds. The number of quaternary nitrogens is 2. The Hall–Kier alpha value is -1.38. The quantitative estimate of drug-likeness (QED) is 0.0930. The second-order valence-corrected chi connectivity index (χ2v) is 23.0. The molecule has 7 fully saturated rings. The number of methoxy groups -OCH3 is 1. The molecule has 9 heteroatoms. The van der Waals surface area contributed by atoms with Gasteiger partial charge in [0.05, 0.1) is 49.0 Å². The van der Waals surface area contributed by atoms with Crippen molar-refractivity contribution in [1.82, 2.24) is 0 Å². The molecule has 8 aliphatic rings. The molecule has 0 aromatic rings. The van der Waals surface area contributed by atoms with Gasteiger partial charge in [-0.05, 0) is 144 Å². The van der Waals surface area contributed by atoms with Gasteiger partial charge in [-0.15, -0.1) is 0 Å². The minimum Gasteiger partial charge on any atom is -0.393 e. The number of Topliss-reactive ketones (excluding diaryl/α,β-unsaturated/α-hetero) is 2. The zero-order valence-corrected chi connectivity index (χ0v) is 38.8. The molecule has 8 rings (SSSR count). The number of hydrogen-bond donors (Lipinski definition) is 6. The lowest BCUT2D eigenvalue weighted by molar-refractivity contribution is -0.782. The lowest BCUT2D eigenvalue weighted by atomic mass is 9.61. The maximum Gasteiger partial charge on any atom is 0.150 e. The van der Waals surface area contributed by atoms with Gasteiger partial charge in [-0.2, -0.15) is 0 Å². The van der Waals surface area contributed by atoms with E-state index in [0.717, 1.165) is 82.6 Å². The number of aliphatic hydroxyl groups is 3. The minimum absolute atomic E-state index is 0.0512. The molecule has 2 heterocycles. The van der Waals surface area contributed by atoms with Crippen LogP contribution >= 0.6 is 0 Å². The summed E-state index contributed by atoms with van der Waals surface area (Å²) >= 11 is 0. The average molecular weight is 864 g/mol. The molecule has 6 aliphatic carbocycles. The number of carbonyl (C=O) groups excluding carboxylic acids is 2. The second kappa shape index (κ2) is 21.9. The maximum absolute atomic E-state index is 14.0. The molecule has 5 saturated carbocycles. The van der Waals surface area contributed by atoms with Crippen molar-refractivity contribution in [3.8, 4) is 11.8 Å². The van der Waals surface area contributed by atoms with Crippen LogP contribution in [0.5, 0.6) is 0 Å². The highest BCUT2D eigenvalue weighted by atomic mass is 16.5. The molecule has 17 atom stereocenters. The highest BCUT2D eigenvalue weighted by Crippen LogP contribution is 2.49. The van der Waals surface area contributed by atoms with Crippen molar-refractivity contribution in [3.05, 3.63) is 0 Å². The first kappa shape index (κ1) is 47.1. The summed E-state index contributed by atoms with van der Waals surface area (Å²) in [4.78, 5) is 26.4. The predicted octanol–water partition coefficient (Wildman–Crippen LogP) is 5.94. The highest BCUT2D eigenvalue weighted by Gasteiger charge is 2.52. The first-order chi connectivity index (χ1) is 30.1. The van der Waals surface area contributed by atoms with Crippen LogP contribution in [0.2, 0.25) is 0 Å². The third kappa shape index (κ3) is 11.4. The van der Waals surface area contributed by atoms with Crippen LogP contribution in [0.15, 0.2) is 0 Å². The number of nitrogens with two attached hydrogens (primary N) is 3. The van der Waals surface area contributed by atoms with E-state index in [1.807, 2.05) is 0 Å². The fourth-order valence-corrected chi connectivity index (χ4v) is 16.0. The Bertz CT molecular complexity index is 1520. The van der Waals surface area contributed by atoms with Crippen molar-refractivity contribution < 1.29 is 40.3 Å². The molecule has 0 radical (unpaired) electrons.